The second kappa shape index (κ2) is 6.04. The van der Waals surface area contributed by atoms with Crippen LogP contribution in [0.1, 0.15) is 44.2 Å². The summed E-state index contributed by atoms with van der Waals surface area (Å²) >= 11 is 0. The highest BCUT2D eigenvalue weighted by atomic mass is 32.2. The van der Waals surface area contributed by atoms with E-state index in [9.17, 15) is 13.5 Å². The largest absolute Gasteiger partial charge is 0.389 e. The summed E-state index contributed by atoms with van der Waals surface area (Å²) in [5.74, 6) is 0. The van der Waals surface area contributed by atoms with Gasteiger partial charge in [0, 0.05) is 19.6 Å². The van der Waals surface area contributed by atoms with E-state index in [-0.39, 0.29) is 17.5 Å². The summed E-state index contributed by atoms with van der Waals surface area (Å²) in [6.07, 6.45) is 3.22. The van der Waals surface area contributed by atoms with Crippen molar-refractivity contribution in [3.8, 4) is 0 Å². The van der Waals surface area contributed by atoms with Crippen molar-refractivity contribution in [2.75, 3.05) is 13.6 Å². The molecule has 1 fully saturated rings. The van der Waals surface area contributed by atoms with Gasteiger partial charge in [-0.2, -0.15) is 4.31 Å². The Labute approximate surface area is 126 Å². The molecule has 21 heavy (non-hydrogen) atoms. The first-order valence-electron chi connectivity index (χ1n) is 7.29. The summed E-state index contributed by atoms with van der Waals surface area (Å²) < 4.78 is 26.5. The van der Waals surface area contributed by atoms with Crippen LogP contribution in [0.15, 0.2) is 29.2 Å². The van der Waals surface area contributed by atoms with Gasteiger partial charge in [0.25, 0.3) is 0 Å². The lowest BCUT2D eigenvalue weighted by molar-refractivity contribution is 0.0333. The molecule has 5 nitrogen and oxygen atoms in total. The number of rotatable bonds is 5. The molecule has 0 saturated heterocycles. The van der Waals surface area contributed by atoms with E-state index in [2.05, 4.69) is 0 Å². The van der Waals surface area contributed by atoms with Crippen molar-refractivity contribution in [1.82, 2.24) is 4.31 Å². The highest BCUT2D eigenvalue weighted by molar-refractivity contribution is 7.89. The number of hydrogen-bond acceptors (Lipinski definition) is 4. The predicted octanol–water partition coefficient (Wildman–Crippen LogP) is 1.63. The minimum Gasteiger partial charge on any atom is -0.389 e. The fourth-order valence-electron chi connectivity index (χ4n) is 2.83. The van der Waals surface area contributed by atoms with Gasteiger partial charge in [0.15, 0.2) is 0 Å². The molecule has 0 bridgehead atoms. The number of aliphatic hydroxyl groups is 1. The molecule has 0 amide bonds. The normalized spacial score (nSPS) is 19.9. The molecule has 0 heterocycles. The maximum absolute atomic E-state index is 12.6. The lowest BCUT2D eigenvalue weighted by Gasteiger charge is -2.28. The summed E-state index contributed by atoms with van der Waals surface area (Å²) in [4.78, 5) is 0.224. The summed E-state index contributed by atoms with van der Waals surface area (Å²) in [5, 5.41) is 10.4. The van der Waals surface area contributed by atoms with E-state index in [0.717, 1.165) is 18.4 Å². The number of nitrogens with two attached hydrogens (primary N) is 1. The minimum atomic E-state index is -3.60. The first-order chi connectivity index (χ1) is 9.74. The second-order valence-corrected chi connectivity index (χ2v) is 8.10. The molecule has 1 saturated carbocycles. The van der Waals surface area contributed by atoms with Gasteiger partial charge in [0.05, 0.1) is 10.5 Å². The summed E-state index contributed by atoms with van der Waals surface area (Å²) in [6.45, 7) is 1.95. The Bertz CT molecular complexity index is 593. The smallest absolute Gasteiger partial charge is 0.242 e. The first kappa shape index (κ1) is 16.4. The average Bonchev–Trinajstić information content (AvgIpc) is 2.85. The molecule has 118 valence electrons. The summed E-state index contributed by atoms with van der Waals surface area (Å²) in [7, 11) is -2.08. The molecule has 0 radical (unpaired) electrons. The Hall–Kier alpha value is -0.950. The second-order valence-electron chi connectivity index (χ2n) is 6.05. The fourth-order valence-corrected chi connectivity index (χ4v) is 4.13. The molecule has 0 aliphatic heterocycles. The highest BCUT2D eigenvalue weighted by Gasteiger charge is 2.35. The van der Waals surface area contributed by atoms with Gasteiger partial charge in [-0.05, 0) is 37.5 Å². The van der Waals surface area contributed by atoms with Crippen molar-refractivity contribution >= 4 is 10.0 Å². The molecule has 1 atom stereocenters. The molecule has 6 heteroatoms. The van der Waals surface area contributed by atoms with Crippen molar-refractivity contribution < 1.29 is 13.5 Å². The van der Waals surface area contributed by atoms with Crippen molar-refractivity contribution in [2.24, 2.45) is 5.73 Å². The maximum atomic E-state index is 12.6. The van der Waals surface area contributed by atoms with Gasteiger partial charge >= 0.3 is 0 Å². The van der Waals surface area contributed by atoms with Crippen LogP contribution in [0.25, 0.3) is 0 Å². The van der Waals surface area contributed by atoms with E-state index in [0.29, 0.717) is 12.8 Å². The molecule has 0 spiro atoms. The number of likely N-dealkylation sites (N-methyl/N-ethyl adjacent to an activating group) is 1. The Morgan fingerprint density at radius 1 is 1.38 bits per heavy atom. The zero-order chi connectivity index (χ0) is 15.7. The van der Waals surface area contributed by atoms with E-state index < -0.39 is 15.6 Å². The molecular weight excluding hydrogens is 288 g/mol. The number of hydrogen-bond donors (Lipinski definition) is 2. The molecular formula is C15H24N2O3S. The van der Waals surface area contributed by atoms with Gasteiger partial charge in [0.2, 0.25) is 10.0 Å². The lowest BCUT2D eigenvalue weighted by Crippen LogP contribution is -2.42. The molecule has 1 aliphatic rings. The van der Waals surface area contributed by atoms with E-state index >= 15 is 0 Å². The summed E-state index contributed by atoms with van der Waals surface area (Å²) in [6, 6.07) is 6.47. The predicted molar refractivity (Wildman–Crippen MR) is 82.3 cm³/mol. The van der Waals surface area contributed by atoms with Crippen molar-refractivity contribution in [3.63, 3.8) is 0 Å². The lowest BCUT2D eigenvalue weighted by atomic mass is 10.0. The highest BCUT2D eigenvalue weighted by Crippen LogP contribution is 2.31. The topological polar surface area (TPSA) is 83.6 Å². The maximum Gasteiger partial charge on any atom is 0.242 e. The fraction of sp³-hybridized carbons (Fsp3) is 0.600. The third-order valence-electron chi connectivity index (χ3n) is 4.14. The van der Waals surface area contributed by atoms with Gasteiger partial charge in [-0.15, -0.1) is 0 Å². The Morgan fingerprint density at radius 2 is 2.00 bits per heavy atom. The minimum absolute atomic E-state index is 0.137. The quantitative estimate of drug-likeness (QED) is 0.865. The van der Waals surface area contributed by atoms with Crippen LogP contribution in [-0.2, 0) is 10.0 Å². The van der Waals surface area contributed by atoms with Crippen LogP contribution < -0.4 is 5.73 Å². The molecule has 2 rings (SSSR count). The van der Waals surface area contributed by atoms with Crippen LogP contribution in [0.5, 0.6) is 0 Å². The zero-order valence-corrected chi connectivity index (χ0v) is 13.4. The third-order valence-corrected chi connectivity index (χ3v) is 5.94. The van der Waals surface area contributed by atoms with Gasteiger partial charge in [-0.3, -0.25) is 0 Å². The van der Waals surface area contributed by atoms with Crippen LogP contribution in [0, 0.1) is 0 Å². The molecule has 1 aliphatic carbocycles. The number of benzene rings is 1. The van der Waals surface area contributed by atoms with Crippen LogP contribution in [0.4, 0.5) is 0 Å². The molecule has 1 aromatic carbocycles. The van der Waals surface area contributed by atoms with E-state index in [4.69, 9.17) is 5.73 Å². The molecule has 1 unspecified atom stereocenters. The van der Waals surface area contributed by atoms with Crippen LogP contribution >= 0.6 is 0 Å². The van der Waals surface area contributed by atoms with Crippen molar-refractivity contribution in [2.45, 2.75) is 49.1 Å². The van der Waals surface area contributed by atoms with Gasteiger partial charge in [-0.25, -0.2) is 8.42 Å². The molecule has 3 N–H and O–H groups in total. The van der Waals surface area contributed by atoms with E-state index in [1.165, 1.54) is 11.4 Å². The molecule has 1 aromatic rings. The monoisotopic (exact) mass is 312 g/mol. The van der Waals surface area contributed by atoms with Gasteiger partial charge in [-0.1, -0.05) is 25.0 Å². The van der Waals surface area contributed by atoms with Crippen molar-refractivity contribution in [1.29, 1.82) is 0 Å². The average molecular weight is 312 g/mol. The van der Waals surface area contributed by atoms with E-state index in [1.54, 1.807) is 18.2 Å². The van der Waals surface area contributed by atoms with E-state index in [1.807, 2.05) is 13.0 Å². The van der Waals surface area contributed by atoms with Crippen molar-refractivity contribution in [3.05, 3.63) is 29.8 Å². The number of sulfonamides is 1. The van der Waals surface area contributed by atoms with Crippen LogP contribution in [-0.4, -0.2) is 37.0 Å². The standard InChI is InChI=1S/C15H24N2O3S/c1-12(16)13-6-5-7-14(10-13)21(19,20)17(2)11-15(18)8-3-4-9-15/h5-7,10,12,18H,3-4,8-9,11,16H2,1-2H3. The SMILES string of the molecule is CC(N)c1cccc(S(=O)(=O)N(C)CC2(O)CCCC2)c1. The van der Waals surface area contributed by atoms with Gasteiger partial charge in [0.1, 0.15) is 0 Å². The molecule has 0 aromatic heterocycles. The number of nitrogens with zero attached hydrogens (tertiary/aromatic N) is 1. The zero-order valence-electron chi connectivity index (χ0n) is 12.6. The van der Waals surface area contributed by atoms with Gasteiger partial charge < -0.3 is 10.8 Å². The summed E-state index contributed by atoms with van der Waals surface area (Å²) in [5.41, 5.74) is 5.70. The first-order valence-corrected chi connectivity index (χ1v) is 8.73. The van der Waals surface area contributed by atoms with Crippen LogP contribution in [0.2, 0.25) is 0 Å². The third kappa shape index (κ3) is 3.63. The Morgan fingerprint density at radius 3 is 2.57 bits per heavy atom. The van der Waals surface area contributed by atoms with Crippen LogP contribution in [0.3, 0.4) is 0 Å². The Kier molecular flexibility index (Phi) is 4.72. The Balaban J connectivity index is 2.22.